The molecule has 3 rings (SSSR count). The number of benzene rings is 2. The van der Waals surface area contributed by atoms with E-state index in [9.17, 15) is 4.79 Å². The molecule has 0 radical (unpaired) electrons. The monoisotopic (exact) mass is 325 g/mol. The van der Waals surface area contributed by atoms with Gasteiger partial charge in [0, 0.05) is 24.3 Å². The van der Waals surface area contributed by atoms with Gasteiger partial charge in [0.2, 0.25) is 5.91 Å². The van der Waals surface area contributed by atoms with Crippen LogP contribution in [0.4, 0.5) is 5.69 Å². The molecule has 1 heterocycles. The zero-order valence-electron chi connectivity index (χ0n) is 12.8. The van der Waals surface area contributed by atoms with Gasteiger partial charge in [0.1, 0.15) is 4.99 Å². The predicted octanol–water partition coefficient (Wildman–Crippen LogP) is 2.32. The smallest absolute Gasteiger partial charge is 0.238 e. The van der Waals surface area contributed by atoms with Gasteiger partial charge in [0.25, 0.3) is 0 Å². The van der Waals surface area contributed by atoms with Crippen molar-refractivity contribution in [1.29, 1.82) is 0 Å². The van der Waals surface area contributed by atoms with E-state index in [2.05, 4.69) is 28.4 Å². The van der Waals surface area contributed by atoms with E-state index in [1.165, 1.54) is 11.1 Å². The lowest BCUT2D eigenvalue weighted by Gasteiger charge is -2.28. The van der Waals surface area contributed by atoms with Crippen LogP contribution in [0, 0.1) is 0 Å². The fraction of sp³-hybridized carbons (Fsp3) is 0.222. The Kier molecular flexibility index (Phi) is 4.69. The number of amides is 1. The van der Waals surface area contributed by atoms with E-state index in [1.807, 2.05) is 30.3 Å². The van der Waals surface area contributed by atoms with Crippen LogP contribution in [0.1, 0.15) is 16.7 Å². The number of nitrogens with one attached hydrogen (secondary N) is 1. The average molecular weight is 325 g/mol. The molecule has 1 aliphatic rings. The van der Waals surface area contributed by atoms with Crippen LogP contribution >= 0.6 is 12.2 Å². The van der Waals surface area contributed by atoms with Gasteiger partial charge in [-0.15, -0.1) is 0 Å². The van der Waals surface area contributed by atoms with Crippen molar-refractivity contribution in [2.75, 3.05) is 18.4 Å². The molecule has 0 aromatic heterocycles. The summed E-state index contributed by atoms with van der Waals surface area (Å²) in [5, 5.41) is 2.91. The van der Waals surface area contributed by atoms with Gasteiger partial charge < -0.3 is 11.1 Å². The minimum atomic E-state index is -0.00699. The number of fused-ring (bicyclic) bond motifs is 1. The molecule has 1 aliphatic heterocycles. The Bertz CT molecular complexity index is 727. The molecule has 2 aromatic rings. The van der Waals surface area contributed by atoms with Crippen LogP contribution in [0.5, 0.6) is 0 Å². The second-order valence-corrected chi connectivity index (χ2v) is 6.16. The van der Waals surface area contributed by atoms with Gasteiger partial charge in [0.05, 0.1) is 6.54 Å². The van der Waals surface area contributed by atoms with Crippen molar-refractivity contribution in [3.8, 4) is 0 Å². The standard InChI is InChI=1S/C18H19N3OS/c19-18(23)14-5-7-16(8-6-14)20-17(22)12-21-10-9-13-3-1-2-4-15(13)11-21/h1-8H,9-12H2,(H2,19,23)(H,20,22). The molecule has 0 unspecified atom stereocenters. The van der Waals surface area contributed by atoms with Crippen molar-refractivity contribution < 1.29 is 4.79 Å². The zero-order chi connectivity index (χ0) is 16.2. The number of thiocarbonyl (C=S) groups is 1. The predicted molar refractivity (Wildman–Crippen MR) is 96.4 cm³/mol. The van der Waals surface area contributed by atoms with Crippen LogP contribution in [0.25, 0.3) is 0 Å². The van der Waals surface area contributed by atoms with Gasteiger partial charge in [-0.05, 0) is 41.8 Å². The Morgan fingerprint density at radius 2 is 1.83 bits per heavy atom. The molecular formula is C18H19N3OS. The van der Waals surface area contributed by atoms with Gasteiger partial charge in [0.15, 0.2) is 0 Å². The highest BCUT2D eigenvalue weighted by Gasteiger charge is 2.17. The molecule has 5 heteroatoms. The first-order valence-corrected chi connectivity index (χ1v) is 8.01. The highest BCUT2D eigenvalue weighted by atomic mass is 32.1. The lowest BCUT2D eigenvalue weighted by molar-refractivity contribution is -0.117. The normalized spacial score (nSPS) is 14.1. The van der Waals surface area contributed by atoms with E-state index >= 15 is 0 Å². The molecule has 0 atom stereocenters. The summed E-state index contributed by atoms with van der Waals surface area (Å²) in [5.74, 6) is -0.00699. The number of hydrogen-bond donors (Lipinski definition) is 2. The molecule has 1 amide bonds. The summed E-state index contributed by atoms with van der Waals surface area (Å²) in [6.07, 6.45) is 0.992. The molecule has 118 valence electrons. The second-order valence-electron chi connectivity index (χ2n) is 5.72. The van der Waals surface area contributed by atoms with E-state index < -0.39 is 0 Å². The SMILES string of the molecule is NC(=S)c1ccc(NC(=O)CN2CCc3ccccc3C2)cc1. The summed E-state index contributed by atoms with van der Waals surface area (Å²) in [4.78, 5) is 14.7. The lowest BCUT2D eigenvalue weighted by Crippen LogP contribution is -2.37. The highest BCUT2D eigenvalue weighted by molar-refractivity contribution is 7.80. The maximum absolute atomic E-state index is 12.2. The summed E-state index contributed by atoms with van der Waals surface area (Å²) in [7, 11) is 0. The number of nitrogens with zero attached hydrogens (tertiary/aromatic N) is 1. The molecule has 0 bridgehead atoms. The molecule has 0 spiro atoms. The van der Waals surface area contributed by atoms with Gasteiger partial charge in [-0.25, -0.2) is 0 Å². The van der Waals surface area contributed by atoms with E-state index in [4.69, 9.17) is 18.0 Å². The minimum Gasteiger partial charge on any atom is -0.389 e. The number of hydrogen-bond acceptors (Lipinski definition) is 3. The lowest BCUT2D eigenvalue weighted by atomic mass is 10.00. The largest absolute Gasteiger partial charge is 0.389 e. The maximum atomic E-state index is 12.2. The number of nitrogens with two attached hydrogens (primary N) is 1. The van der Waals surface area contributed by atoms with Crippen molar-refractivity contribution in [3.05, 3.63) is 65.2 Å². The maximum Gasteiger partial charge on any atom is 0.238 e. The van der Waals surface area contributed by atoms with Crippen LogP contribution < -0.4 is 11.1 Å². The van der Waals surface area contributed by atoms with Crippen molar-refractivity contribution >= 4 is 28.8 Å². The summed E-state index contributed by atoms with van der Waals surface area (Å²) in [5.41, 5.74) is 9.82. The van der Waals surface area contributed by atoms with Crippen LogP contribution in [0.15, 0.2) is 48.5 Å². The van der Waals surface area contributed by atoms with Crippen LogP contribution in [0.3, 0.4) is 0 Å². The first kappa shape index (κ1) is 15.6. The minimum absolute atomic E-state index is 0.00699. The molecule has 23 heavy (non-hydrogen) atoms. The fourth-order valence-corrected chi connectivity index (χ4v) is 2.95. The number of rotatable bonds is 4. The molecule has 3 N–H and O–H groups in total. The van der Waals surface area contributed by atoms with Crippen molar-refractivity contribution in [2.24, 2.45) is 5.73 Å². The third-order valence-electron chi connectivity index (χ3n) is 4.03. The van der Waals surface area contributed by atoms with E-state index in [-0.39, 0.29) is 5.91 Å². The average Bonchev–Trinajstić information content (AvgIpc) is 2.55. The second kappa shape index (κ2) is 6.89. The zero-order valence-corrected chi connectivity index (χ0v) is 13.6. The molecule has 4 nitrogen and oxygen atoms in total. The first-order chi connectivity index (χ1) is 11.1. The van der Waals surface area contributed by atoms with Crippen LogP contribution in [0.2, 0.25) is 0 Å². The number of carbonyl (C=O) groups is 1. The molecule has 2 aromatic carbocycles. The Balaban J connectivity index is 1.57. The van der Waals surface area contributed by atoms with Crippen LogP contribution in [-0.4, -0.2) is 28.9 Å². The number of carbonyl (C=O) groups excluding carboxylic acids is 1. The molecule has 0 saturated heterocycles. The Morgan fingerprint density at radius 3 is 2.52 bits per heavy atom. The van der Waals surface area contributed by atoms with Crippen molar-refractivity contribution in [3.63, 3.8) is 0 Å². The molecular weight excluding hydrogens is 306 g/mol. The van der Waals surface area contributed by atoms with Gasteiger partial charge in [-0.2, -0.15) is 0 Å². The first-order valence-electron chi connectivity index (χ1n) is 7.60. The third-order valence-corrected chi connectivity index (χ3v) is 4.27. The van der Waals surface area contributed by atoms with Gasteiger partial charge in [-0.1, -0.05) is 36.5 Å². The highest BCUT2D eigenvalue weighted by Crippen LogP contribution is 2.18. The third kappa shape index (κ3) is 3.94. The van der Waals surface area contributed by atoms with Gasteiger partial charge >= 0.3 is 0 Å². The van der Waals surface area contributed by atoms with Gasteiger partial charge in [-0.3, -0.25) is 9.69 Å². The fourth-order valence-electron chi connectivity index (χ4n) is 2.81. The molecule has 0 aliphatic carbocycles. The summed E-state index contributed by atoms with van der Waals surface area (Å²) in [6.45, 7) is 2.13. The quantitative estimate of drug-likeness (QED) is 0.847. The van der Waals surface area contributed by atoms with Crippen molar-refractivity contribution in [1.82, 2.24) is 4.90 Å². The topological polar surface area (TPSA) is 58.4 Å². The summed E-state index contributed by atoms with van der Waals surface area (Å²) in [6, 6.07) is 15.7. The van der Waals surface area contributed by atoms with E-state index in [1.54, 1.807) is 0 Å². The number of anilines is 1. The molecule has 0 fully saturated rings. The summed E-state index contributed by atoms with van der Waals surface area (Å²) >= 11 is 4.92. The van der Waals surface area contributed by atoms with E-state index in [0.29, 0.717) is 11.5 Å². The Labute approximate surface area is 141 Å². The summed E-state index contributed by atoms with van der Waals surface area (Å²) < 4.78 is 0. The Hall–Kier alpha value is -2.24. The van der Waals surface area contributed by atoms with Crippen LogP contribution in [-0.2, 0) is 17.8 Å². The Morgan fingerprint density at radius 1 is 1.13 bits per heavy atom. The van der Waals surface area contributed by atoms with Crippen molar-refractivity contribution in [2.45, 2.75) is 13.0 Å². The van der Waals surface area contributed by atoms with E-state index in [0.717, 1.165) is 30.8 Å². The molecule has 0 saturated carbocycles.